The van der Waals surface area contributed by atoms with E-state index in [-0.39, 0.29) is 5.75 Å². The second kappa shape index (κ2) is 5.58. The van der Waals surface area contributed by atoms with Crippen molar-refractivity contribution in [2.75, 3.05) is 0 Å². The molecular weight excluding hydrogens is 307 g/mol. The normalized spacial score (nSPS) is 11.2. The summed E-state index contributed by atoms with van der Waals surface area (Å²) in [5, 5.41) is 10.5. The Hall–Kier alpha value is -1.71. The van der Waals surface area contributed by atoms with Gasteiger partial charge >= 0.3 is 0 Å². The van der Waals surface area contributed by atoms with Gasteiger partial charge in [0.25, 0.3) is 0 Å². The Morgan fingerprint density at radius 1 is 1.14 bits per heavy atom. The molecule has 108 valence electrons. The zero-order valence-corrected chi connectivity index (χ0v) is 13.0. The van der Waals surface area contributed by atoms with Gasteiger partial charge in [-0.25, -0.2) is 4.98 Å². The number of benzene rings is 2. The van der Waals surface area contributed by atoms with Crippen molar-refractivity contribution in [1.82, 2.24) is 9.55 Å². The highest BCUT2D eigenvalue weighted by Gasteiger charge is 2.13. The van der Waals surface area contributed by atoms with Crippen LogP contribution in [0.2, 0.25) is 10.0 Å². The van der Waals surface area contributed by atoms with Crippen LogP contribution < -0.4 is 0 Å². The van der Waals surface area contributed by atoms with Gasteiger partial charge in [0.1, 0.15) is 11.6 Å². The molecule has 0 aliphatic heterocycles. The van der Waals surface area contributed by atoms with E-state index >= 15 is 0 Å². The van der Waals surface area contributed by atoms with Crippen LogP contribution in [0.15, 0.2) is 36.4 Å². The quantitative estimate of drug-likeness (QED) is 0.726. The van der Waals surface area contributed by atoms with Crippen molar-refractivity contribution in [2.45, 2.75) is 19.9 Å². The zero-order valence-electron chi connectivity index (χ0n) is 11.5. The van der Waals surface area contributed by atoms with Gasteiger partial charge in [-0.2, -0.15) is 0 Å². The molecule has 2 aromatic carbocycles. The number of hydrogen-bond donors (Lipinski definition) is 1. The largest absolute Gasteiger partial charge is 0.506 e. The third kappa shape index (κ3) is 2.59. The van der Waals surface area contributed by atoms with Crippen LogP contribution in [0.5, 0.6) is 5.75 Å². The second-order valence-corrected chi connectivity index (χ2v) is 5.73. The first kappa shape index (κ1) is 14.2. The standard InChI is InChI=1S/C16H14Cl2N2O/c1-2-7-20-14-5-4-11(17)9-13(14)19-16(20)10-3-6-15(21)12(18)8-10/h3-6,8-9,21H,2,7H2,1H3. The van der Waals surface area contributed by atoms with E-state index in [9.17, 15) is 5.11 Å². The summed E-state index contributed by atoms with van der Waals surface area (Å²) in [7, 11) is 0. The highest BCUT2D eigenvalue weighted by Crippen LogP contribution is 2.31. The van der Waals surface area contributed by atoms with Gasteiger partial charge in [0, 0.05) is 17.1 Å². The first-order chi connectivity index (χ1) is 10.1. The van der Waals surface area contributed by atoms with Crippen LogP contribution in [-0.2, 0) is 6.54 Å². The van der Waals surface area contributed by atoms with Crippen molar-refractivity contribution in [2.24, 2.45) is 0 Å². The average molecular weight is 321 g/mol. The van der Waals surface area contributed by atoms with Crippen LogP contribution in [0.1, 0.15) is 13.3 Å². The molecule has 1 heterocycles. The summed E-state index contributed by atoms with van der Waals surface area (Å²) in [6.07, 6.45) is 0.993. The molecule has 0 aliphatic carbocycles. The number of fused-ring (bicyclic) bond motifs is 1. The Morgan fingerprint density at radius 2 is 1.95 bits per heavy atom. The van der Waals surface area contributed by atoms with Gasteiger partial charge in [-0.05, 0) is 42.8 Å². The molecule has 0 bridgehead atoms. The Balaban J connectivity index is 2.24. The summed E-state index contributed by atoms with van der Waals surface area (Å²) >= 11 is 12.1. The first-order valence-electron chi connectivity index (χ1n) is 6.75. The van der Waals surface area contributed by atoms with E-state index in [0.717, 1.165) is 35.4 Å². The minimum atomic E-state index is 0.0709. The Bertz CT molecular complexity index is 811. The molecule has 0 saturated carbocycles. The molecule has 3 aromatic rings. The fraction of sp³-hybridized carbons (Fsp3) is 0.188. The molecule has 21 heavy (non-hydrogen) atoms. The summed E-state index contributed by atoms with van der Waals surface area (Å²) in [5.41, 5.74) is 2.77. The van der Waals surface area contributed by atoms with Crippen LogP contribution in [0.3, 0.4) is 0 Å². The molecule has 5 heteroatoms. The van der Waals surface area contributed by atoms with Crippen LogP contribution >= 0.6 is 23.2 Å². The molecule has 0 unspecified atom stereocenters. The molecule has 0 fully saturated rings. The number of aromatic nitrogens is 2. The van der Waals surface area contributed by atoms with Crippen LogP contribution in [0.4, 0.5) is 0 Å². The molecule has 0 radical (unpaired) electrons. The number of nitrogens with zero attached hydrogens (tertiary/aromatic N) is 2. The lowest BCUT2D eigenvalue weighted by atomic mass is 10.2. The lowest BCUT2D eigenvalue weighted by Gasteiger charge is -2.08. The van der Waals surface area contributed by atoms with E-state index in [1.807, 2.05) is 24.3 Å². The number of aromatic hydroxyl groups is 1. The maximum absolute atomic E-state index is 9.56. The van der Waals surface area contributed by atoms with Crippen LogP contribution in [-0.4, -0.2) is 14.7 Å². The molecule has 0 aliphatic rings. The van der Waals surface area contributed by atoms with Crippen molar-refractivity contribution in [1.29, 1.82) is 0 Å². The second-order valence-electron chi connectivity index (χ2n) is 4.89. The molecule has 1 aromatic heterocycles. The monoisotopic (exact) mass is 320 g/mol. The number of phenols is 1. The minimum absolute atomic E-state index is 0.0709. The number of aryl methyl sites for hydroxylation is 1. The molecular formula is C16H14Cl2N2O. The number of imidazole rings is 1. The van der Waals surface area contributed by atoms with E-state index in [1.165, 1.54) is 0 Å². The highest BCUT2D eigenvalue weighted by atomic mass is 35.5. The van der Waals surface area contributed by atoms with E-state index in [2.05, 4.69) is 16.5 Å². The van der Waals surface area contributed by atoms with Crippen molar-refractivity contribution in [3.8, 4) is 17.1 Å². The molecule has 3 rings (SSSR count). The van der Waals surface area contributed by atoms with Crippen LogP contribution in [0.25, 0.3) is 22.4 Å². The van der Waals surface area contributed by atoms with Crippen molar-refractivity contribution in [3.63, 3.8) is 0 Å². The molecule has 0 atom stereocenters. The fourth-order valence-electron chi connectivity index (χ4n) is 2.42. The summed E-state index contributed by atoms with van der Waals surface area (Å²) < 4.78 is 2.15. The topological polar surface area (TPSA) is 38.0 Å². The smallest absolute Gasteiger partial charge is 0.141 e. The number of rotatable bonds is 3. The molecule has 0 amide bonds. The summed E-state index contributed by atoms with van der Waals surface area (Å²) in [5.74, 6) is 0.901. The lowest BCUT2D eigenvalue weighted by molar-refractivity contribution is 0.475. The number of hydrogen-bond acceptors (Lipinski definition) is 2. The van der Waals surface area contributed by atoms with Gasteiger partial charge in [-0.3, -0.25) is 0 Å². The van der Waals surface area contributed by atoms with E-state index in [1.54, 1.807) is 12.1 Å². The van der Waals surface area contributed by atoms with Gasteiger partial charge in [0.2, 0.25) is 0 Å². The van der Waals surface area contributed by atoms with Gasteiger partial charge in [-0.15, -0.1) is 0 Å². The van der Waals surface area contributed by atoms with E-state index in [0.29, 0.717) is 10.0 Å². The molecule has 0 saturated heterocycles. The van der Waals surface area contributed by atoms with Gasteiger partial charge in [-0.1, -0.05) is 30.1 Å². The summed E-state index contributed by atoms with van der Waals surface area (Å²) in [4.78, 5) is 4.67. The van der Waals surface area contributed by atoms with E-state index < -0.39 is 0 Å². The molecule has 0 spiro atoms. The fourth-order valence-corrected chi connectivity index (χ4v) is 2.77. The highest BCUT2D eigenvalue weighted by molar-refractivity contribution is 6.32. The predicted octanol–water partition coefficient (Wildman–Crippen LogP) is 5.13. The maximum Gasteiger partial charge on any atom is 0.141 e. The first-order valence-corrected chi connectivity index (χ1v) is 7.50. The number of halogens is 2. The Labute approximate surface area is 132 Å². The third-order valence-electron chi connectivity index (χ3n) is 3.36. The van der Waals surface area contributed by atoms with Gasteiger partial charge in [0.05, 0.1) is 16.1 Å². The van der Waals surface area contributed by atoms with Gasteiger partial charge in [0.15, 0.2) is 0 Å². The minimum Gasteiger partial charge on any atom is -0.506 e. The SMILES string of the molecule is CCCn1c(-c2ccc(O)c(Cl)c2)nc2cc(Cl)ccc21. The number of phenolic OH excluding ortho intramolecular Hbond substituents is 1. The van der Waals surface area contributed by atoms with Crippen LogP contribution in [0, 0.1) is 0 Å². The summed E-state index contributed by atoms with van der Waals surface area (Å²) in [6.45, 7) is 2.97. The summed E-state index contributed by atoms with van der Waals surface area (Å²) in [6, 6.07) is 10.8. The average Bonchev–Trinajstić information content (AvgIpc) is 2.80. The van der Waals surface area contributed by atoms with E-state index in [4.69, 9.17) is 23.2 Å². The Kier molecular flexibility index (Phi) is 3.79. The lowest BCUT2D eigenvalue weighted by Crippen LogP contribution is -1.99. The Morgan fingerprint density at radius 3 is 2.67 bits per heavy atom. The molecule has 3 nitrogen and oxygen atoms in total. The van der Waals surface area contributed by atoms with Crippen molar-refractivity contribution < 1.29 is 5.11 Å². The van der Waals surface area contributed by atoms with Crippen molar-refractivity contribution >= 4 is 34.2 Å². The third-order valence-corrected chi connectivity index (χ3v) is 3.90. The maximum atomic E-state index is 9.56. The zero-order chi connectivity index (χ0) is 15.0. The molecule has 1 N–H and O–H groups in total. The van der Waals surface area contributed by atoms with Crippen molar-refractivity contribution in [3.05, 3.63) is 46.4 Å². The predicted molar refractivity (Wildman–Crippen MR) is 87.1 cm³/mol. The van der Waals surface area contributed by atoms with Gasteiger partial charge < -0.3 is 9.67 Å².